The SMILES string of the molecule is FC1(F)CC12CC[NH2+]CC2. The molecule has 10 heavy (non-hydrogen) atoms. The van der Waals surface area contributed by atoms with E-state index in [1.807, 2.05) is 0 Å². The molecule has 0 atom stereocenters. The molecule has 0 bridgehead atoms. The van der Waals surface area contributed by atoms with Crippen molar-refractivity contribution in [3.63, 3.8) is 0 Å². The Balaban J connectivity index is 2.05. The van der Waals surface area contributed by atoms with Crippen LogP contribution >= 0.6 is 0 Å². The topological polar surface area (TPSA) is 16.6 Å². The van der Waals surface area contributed by atoms with Crippen LogP contribution in [0.4, 0.5) is 8.78 Å². The molecule has 0 radical (unpaired) electrons. The molecule has 2 aliphatic rings. The number of rotatable bonds is 0. The van der Waals surface area contributed by atoms with Crippen molar-refractivity contribution in [2.75, 3.05) is 13.1 Å². The van der Waals surface area contributed by atoms with Gasteiger partial charge in [-0.3, -0.25) is 0 Å². The number of alkyl halides is 2. The van der Waals surface area contributed by atoms with E-state index in [4.69, 9.17) is 0 Å². The molecule has 1 saturated heterocycles. The van der Waals surface area contributed by atoms with Crippen LogP contribution in [0.5, 0.6) is 0 Å². The van der Waals surface area contributed by atoms with Crippen LogP contribution in [0.3, 0.4) is 0 Å². The lowest BCUT2D eigenvalue weighted by atomic mass is 9.94. The van der Waals surface area contributed by atoms with Crippen molar-refractivity contribution in [3.8, 4) is 0 Å². The molecule has 0 aromatic rings. The van der Waals surface area contributed by atoms with E-state index in [9.17, 15) is 8.78 Å². The highest BCUT2D eigenvalue weighted by molar-refractivity contribution is 5.09. The second-order valence-corrected chi connectivity index (χ2v) is 3.53. The summed E-state index contributed by atoms with van der Waals surface area (Å²) in [4.78, 5) is 0. The normalized spacial score (nSPS) is 34.2. The lowest BCUT2D eigenvalue weighted by molar-refractivity contribution is -0.666. The molecular weight excluding hydrogens is 136 g/mol. The Labute approximate surface area is 58.8 Å². The summed E-state index contributed by atoms with van der Waals surface area (Å²) in [5.41, 5.74) is -0.540. The molecule has 2 N–H and O–H groups in total. The van der Waals surface area contributed by atoms with Crippen molar-refractivity contribution in [3.05, 3.63) is 0 Å². The first-order chi connectivity index (χ1) is 4.66. The van der Waals surface area contributed by atoms with Crippen LogP contribution in [0.2, 0.25) is 0 Å². The predicted octanol–water partition coefficient (Wildman–Crippen LogP) is 0.369. The molecule has 1 aliphatic heterocycles. The summed E-state index contributed by atoms with van der Waals surface area (Å²) in [7, 11) is 0. The summed E-state index contributed by atoms with van der Waals surface area (Å²) in [5, 5.41) is 2.12. The maximum atomic E-state index is 12.7. The summed E-state index contributed by atoms with van der Waals surface area (Å²) in [6.07, 6.45) is 1.60. The molecule has 1 heterocycles. The van der Waals surface area contributed by atoms with Crippen molar-refractivity contribution in [2.24, 2.45) is 5.41 Å². The minimum atomic E-state index is -2.30. The predicted molar refractivity (Wildman–Crippen MR) is 32.9 cm³/mol. The zero-order chi connectivity index (χ0) is 7.24. The summed E-state index contributed by atoms with van der Waals surface area (Å²) < 4.78 is 25.3. The van der Waals surface area contributed by atoms with Gasteiger partial charge in [-0.25, -0.2) is 8.78 Å². The van der Waals surface area contributed by atoms with Crippen molar-refractivity contribution in [1.29, 1.82) is 0 Å². The Morgan fingerprint density at radius 2 is 1.60 bits per heavy atom. The highest BCUT2D eigenvalue weighted by Crippen LogP contribution is 2.64. The molecule has 0 unspecified atom stereocenters. The fourth-order valence-electron chi connectivity index (χ4n) is 1.95. The second-order valence-electron chi connectivity index (χ2n) is 3.53. The van der Waals surface area contributed by atoms with E-state index in [2.05, 4.69) is 5.32 Å². The molecule has 3 heteroatoms. The maximum absolute atomic E-state index is 12.7. The Morgan fingerprint density at radius 3 is 1.90 bits per heavy atom. The van der Waals surface area contributed by atoms with Crippen LogP contribution in [0.15, 0.2) is 0 Å². The lowest BCUT2D eigenvalue weighted by Gasteiger charge is -2.19. The molecule has 1 saturated carbocycles. The van der Waals surface area contributed by atoms with Gasteiger partial charge in [-0.2, -0.15) is 0 Å². The smallest absolute Gasteiger partial charge is 0.255 e. The number of hydrogen-bond acceptors (Lipinski definition) is 0. The van der Waals surface area contributed by atoms with Gasteiger partial charge in [-0.15, -0.1) is 0 Å². The molecule has 1 spiro atoms. The molecule has 0 amide bonds. The van der Waals surface area contributed by atoms with E-state index < -0.39 is 11.3 Å². The van der Waals surface area contributed by atoms with Gasteiger partial charge in [0, 0.05) is 19.3 Å². The Kier molecular flexibility index (Phi) is 1.11. The molecule has 1 aliphatic carbocycles. The van der Waals surface area contributed by atoms with Gasteiger partial charge in [-0.05, 0) is 0 Å². The second kappa shape index (κ2) is 1.70. The quantitative estimate of drug-likeness (QED) is 0.511. The molecule has 58 valence electrons. The van der Waals surface area contributed by atoms with Gasteiger partial charge in [0.2, 0.25) is 0 Å². The lowest BCUT2D eigenvalue weighted by Crippen LogP contribution is -2.86. The van der Waals surface area contributed by atoms with E-state index in [1.54, 1.807) is 0 Å². The highest BCUT2D eigenvalue weighted by atomic mass is 19.3. The summed E-state index contributed by atoms with van der Waals surface area (Å²) >= 11 is 0. The van der Waals surface area contributed by atoms with Crippen molar-refractivity contribution >= 4 is 0 Å². The number of nitrogens with two attached hydrogens (primary N) is 1. The van der Waals surface area contributed by atoms with Gasteiger partial charge in [0.1, 0.15) is 0 Å². The maximum Gasteiger partial charge on any atom is 0.255 e. The minimum absolute atomic E-state index is 0.161. The molecule has 1 nitrogen and oxygen atoms in total. The minimum Gasteiger partial charge on any atom is -0.346 e. The highest BCUT2D eigenvalue weighted by Gasteiger charge is 2.70. The van der Waals surface area contributed by atoms with Gasteiger partial charge >= 0.3 is 0 Å². The largest absolute Gasteiger partial charge is 0.346 e. The first kappa shape index (κ1) is 6.53. The summed E-state index contributed by atoms with van der Waals surface area (Å²) in [6.45, 7) is 1.80. The van der Waals surface area contributed by atoms with E-state index in [-0.39, 0.29) is 6.42 Å². The zero-order valence-corrected chi connectivity index (χ0v) is 5.87. The van der Waals surface area contributed by atoms with E-state index >= 15 is 0 Å². The summed E-state index contributed by atoms with van der Waals surface area (Å²) in [6, 6.07) is 0. The monoisotopic (exact) mass is 148 g/mol. The fourth-order valence-corrected chi connectivity index (χ4v) is 1.95. The van der Waals surface area contributed by atoms with Gasteiger partial charge in [0.25, 0.3) is 5.92 Å². The zero-order valence-electron chi connectivity index (χ0n) is 5.87. The summed E-state index contributed by atoms with van der Waals surface area (Å²) in [5.74, 6) is -2.30. The van der Waals surface area contributed by atoms with Gasteiger partial charge in [0.15, 0.2) is 0 Å². The third-order valence-corrected chi connectivity index (χ3v) is 2.87. The van der Waals surface area contributed by atoms with Crippen LogP contribution in [-0.4, -0.2) is 19.0 Å². The average molecular weight is 148 g/mol. The molecular formula is C7H12F2N+. The average Bonchev–Trinajstić information content (AvgIpc) is 2.36. The Hall–Kier alpha value is -0.180. The van der Waals surface area contributed by atoms with Crippen LogP contribution in [0.1, 0.15) is 19.3 Å². The molecule has 0 aromatic carbocycles. The number of halogens is 2. The van der Waals surface area contributed by atoms with E-state index in [0.29, 0.717) is 0 Å². The molecule has 2 rings (SSSR count). The third-order valence-electron chi connectivity index (χ3n) is 2.87. The van der Waals surface area contributed by atoms with Crippen LogP contribution in [-0.2, 0) is 0 Å². The standard InChI is InChI=1S/C7H11F2N/c8-7(9)5-6(7)1-3-10-4-2-6/h10H,1-5H2/p+1. The van der Waals surface area contributed by atoms with E-state index in [1.165, 1.54) is 0 Å². The first-order valence-electron chi connectivity index (χ1n) is 3.86. The van der Waals surface area contributed by atoms with Gasteiger partial charge in [-0.1, -0.05) is 0 Å². The Morgan fingerprint density at radius 1 is 1.10 bits per heavy atom. The van der Waals surface area contributed by atoms with E-state index in [0.717, 1.165) is 25.9 Å². The third kappa shape index (κ3) is 0.698. The molecule has 0 aromatic heterocycles. The fraction of sp³-hybridized carbons (Fsp3) is 1.00. The number of quaternary nitrogens is 1. The van der Waals surface area contributed by atoms with Crippen LogP contribution in [0.25, 0.3) is 0 Å². The number of piperidine rings is 1. The first-order valence-corrected chi connectivity index (χ1v) is 3.86. The number of hydrogen-bond donors (Lipinski definition) is 1. The van der Waals surface area contributed by atoms with Crippen molar-refractivity contribution in [1.82, 2.24) is 0 Å². The van der Waals surface area contributed by atoms with Gasteiger partial charge < -0.3 is 5.32 Å². The Bertz CT molecular complexity index is 150. The van der Waals surface area contributed by atoms with Crippen LogP contribution in [0, 0.1) is 5.41 Å². The van der Waals surface area contributed by atoms with Crippen molar-refractivity contribution < 1.29 is 14.1 Å². The van der Waals surface area contributed by atoms with Gasteiger partial charge in [0.05, 0.1) is 18.5 Å². The van der Waals surface area contributed by atoms with Crippen molar-refractivity contribution in [2.45, 2.75) is 25.2 Å². The molecule has 2 fully saturated rings. The van der Waals surface area contributed by atoms with Crippen LogP contribution < -0.4 is 5.32 Å².